The summed E-state index contributed by atoms with van der Waals surface area (Å²) < 4.78 is 13.6. The summed E-state index contributed by atoms with van der Waals surface area (Å²) in [5.74, 6) is -0.446. The highest BCUT2D eigenvalue weighted by molar-refractivity contribution is 7.80. The van der Waals surface area contributed by atoms with E-state index in [1.165, 1.54) is 19.1 Å². The minimum absolute atomic E-state index is 0.0967. The van der Waals surface area contributed by atoms with Gasteiger partial charge in [0.2, 0.25) is 0 Å². The van der Waals surface area contributed by atoms with Gasteiger partial charge in [0.15, 0.2) is 10.9 Å². The molecule has 1 aliphatic rings. The van der Waals surface area contributed by atoms with Crippen LogP contribution in [0, 0.1) is 5.82 Å². The Morgan fingerprint density at radius 2 is 1.87 bits per heavy atom. The van der Waals surface area contributed by atoms with E-state index in [-0.39, 0.29) is 11.6 Å². The first kappa shape index (κ1) is 15.4. The molecule has 1 heterocycles. The van der Waals surface area contributed by atoms with Gasteiger partial charge in [-0.05, 0) is 42.4 Å². The van der Waals surface area contributed by atoms with E-state index in [1.807, 2.05) is 30.3 Å². The summed E-state index contributed by atoms with van der Waals surface area (Å²) in [4.78, 5) is 12.3. The Bertz CT molecular complexity index is 802. The maximum atomic E-state index is 13.6. The van der Waals surface area contributed by atoms with Gasteiger partial charge in [0.1, 0.15) is 5.82 Å². The van der Waals surface area contributed by atoms with Crippen molar-refractivity contribution in [3.05, 3.63) is 77.1 Å². The number of Topliss-reactive ketones (excluding diaryl/α,β-unsaturated/α-hetero) is 1. The predicted molar refractivity (Wildman–Crippen MR) is 92.1 cm³/mol. The minimum atomic E-state index is -0.479. The summed E-state index contributed by atoms with van der Waals surface area (Å²) in [7, 11) is 0. The number of hydrogen-bond acceptors (Lipinski definition) is 2. The van der Waals surface area contributed by atoms with E-state index in [4.69, 9.17) is 12.2 Å². The quantitative estimate of drug-likeness (QED) is 0.849. The van der Waals surface area contributed by atoms with Crippen LogP contribution in [0.15, 0.2) is 60.2 Å². The lowest BCUT2D eigenvalue weighted by molar-refractivity contribution is -0.113. The van der Waals surface area contributed by atoms with Crippen molar-refractivity contribution < 1.29 is 9.18 Å². The molecule has 0 bridgehead atoms. The third-order valence-corrected chi connectivity index (χ3v) is 3.92. The molecule has 3 nitrogen and oxygen atoms in total. The zero-order chi connectivity index (χ0) is 16.4. The van der Waals surface area contributed by atoms with E-state index in [1.54, 1.807) is 12.1 Å². The number of halogens is 1. The Kier molecular flexibility index (Phi) is 4.21. The van der Waals surface area contributed by atoms with Gasteiger partial charge in [-0.25, -0.2) is 4.39 Å². The third-order valence-electron chi connectivity index (χ3n) is 3.70. The minimum Gasteiger partial charge on any atom is -0.351 e. The van der Waals surface area contributed by atoms with Crippen molar-refractivity contribution in [2.75, 3.05) is 0 Å². The summed E-state index contributed by atoms with van der Waals surface area (Å²) in [5.41, 5.74) is 2.72. The van der Waals surface area contributed by atoms with Crippen LogP contribution in [-0.4, -0.2) is 10.9 Å². The summed E-state index contributed by atoms with van der Waals surface area (Å²) in [6.45, 7) is 1.50. The van der Waals surface area contributed by atoms with Crippen LogP contribution in [-0.2, 0) is 4.79 Å². The lowest BCUT2D eigenvalue weighted by Crippen LogP contribution is -2.44. The van der Waals surface area contributed by atoms with E-state index in [0.717, 1.165) is 5.56 Å². The highest BCUT2D eigenvalue weighted by Crippen LogP contribution is 2.31. The summed E-state index contributed by atoms with van der Waals surface area (Å²) in [5, 5.41) is 6.54. The van der Waals surface area contributed by atoms with Crippen LogP contribution >= 0.6 is 12.2 Å². The molecule has 2 aromatic carbocycles. The zero-order valence-corrected chi connectivity index (χ0v) is 13.3. The predicted octanol–water partition coefficient (Wildman–Crippen LogP) is 3.34. The van der Waals surface area contributed by atoms with Crippen LogP contribution in [0.1, 0.15) is 24.1 Å². The number of ketones is 1. The van der Waals surface area contributed by atoms with Gasteiger partial charge in [0.05, 0.1) is 11.7 Å². The van der Waals surface area contributed by atoms with Crippen LogP contribution in [0.25, 0.3) is 5.70 Å². The van der Waals surface area contributed by atoms with Crippen molar-refractivity contribution in [3.8, 4) is 0 Å². The fraction of sp³-hybridized carbons (Fsp3) is 0.111. The molecule has 3 rings (SSSR count). The van der Waals surface area contributed by atoms with Gasteiger partial charge in [-0.1, -0.05) is 42.5 Å². The molecule has 1 atom stereocenters. The Morgan fingerprint density at radius 3 is 2.52 bits per heavy atom. The number of nitrogens with one attached hydrogen (secondary N) is 2. The molecule has 0 spiro atoms. The Labute approximate surface area is 139 Å². The topological polar surface area (TPSA) is 41.1 Å². The Balaban J connectivity index is 2.18. The second-order valence-electron chi connectivity index (χ2n) is 5.30. The molecule has 0 saturated heterocycles. The first-order valence-electron chi connectivity index (χ1n) is 7.20. The normalized spacial score (nSPS) is 17.5. The number of hydrogen-bond donors (Lipinski definition) is 2. The number of rotatable bonds is 3. The lowest BCUT2D eigenvalue weighted by Gasteiger charge is -2.31. The van der Waals surface area contributed by atoms with E-state index >= 15 is 0 Å². The molecule has 0 aliphatic carbocycles. The summed E-state index contributed by atoms with van der Waals surface area (Å²) in [6, 6.07) is 15.2. The molecule has 116 valence electrons. The zero-order valence-electron chi connectivity index (χ0n) is 12.5. The van der Waals surface area contributed by atoms with Crippen molar-refractivity contribution in [2.24, 2.45) is 0 Å². The maximum Gasteiger partial charge on any atom is 0.171 e. The molecule has 0 saturated carbocycles. The molecule has 2 aromatic rings. The molecule has 5 heteroatoms. The third kappa shape index (κ3) is 3.14. The number of thiocarbonyl (C=S) groups is 1. The maximum absolute atomic E-state index is 13.6. The van der Waals surface area contributed by atoms with Gasteiger partial charge >= 0.3 is 0 Å². The second kappa shape index (κ2) is 6.30. The monoisotopic (exact) mass is 326 g/mol. The van der Waals surface area contributed by atoms with Crippen molar-refractivity contribution in [1.82, 2.24) is 10.6 Å². The first-order valence-corrected chi connectivity index (χ1v) is 7.60. The van der Waals surface area contributed by atoms with Gasteiger partial charge in [0.25, 0.3) is 0 Å². The van der Waals surface area contributed by atoms with Crippen LogP contribution in [0.4, 0.5) is 4.39 Å². The number of carbonyl (C=O) groups is 1. The summed E-state index contributed by atoms with van der Waals surface area (Å²) >= 11 is 5.27. The van der Waals surface area contributed by atoms with Gasteiger partial charge in [-0.3, -0.25) is 4.79 Å². The van der Waals surface area contributed by atoms with Crippen LogP contribution in [0.5, 0.6) is 0 Å². The van der Waals surface area contributed by atoms with Crippen LogP contribution < -0.4 is 10.6 Å². The first-order chi connectivity index (χ1) is 11.1. The largest absolute Gasteiger partial charge is 0.351 e. The molecular formula is C18H15FN2OS. The van der Waals surface area contributed by atoms with Crippen LogP contribution in [0.3, 0.4) is 0 Å². The molecule has 0 radical (unpaired) electrons. The Morgan fingerprint density at radius 1 is 1.13 bits per heavy atom. The average Bonchev–Trinajstić information content (AvgIpc) is 2.54. The standard InChI is InChI=1S/C18H15FN2OS/c1-11(22)15-16(12-6-3-2-4-7-12)20-18(23)21-17(15)13-8-5-9-14(19)10-13/h2-10,17H,1H3,(H2,20,21,23)/t17-/m0/s1. The second-order valence-corrected chi connectivity index (χ2v) is 5.71. The van der Waals surface area contributed by atoms with Crippen molar-refractivity contribution >= 4 is 28.8 Å². The van der Waals surface area contributed by atoms with E-state index < -0.39 is 6.04 Å². The molecule has 0 aromatic heterocycles. The highest BCUT2D eigenvalue weighted by atomic mass is 32.1. The van der Waals surface area contributed by atoms with E-state index in [9.17, 15) is 9.18 Å². The van der Waals surface area contributed by atoms with Gasteiger partial charge < -0.3 is 10.6 Å². The molecule has 1 aliphatic heterocycles. The van der Waals surface area contributed by atoms with E-state index in [2.05, 4.69) is 10.6 Å². The van der Waals surface area contributed by atoms with Gasteiger partial charge in [-0.2, -0.15) is 0 Å². The van der Waals surface area contributed by atoms with Gasteiger partial charge in [0, 0.05) is 5.57 Å². The van der Waals surface area contributed by atoms with Crippen molar-refractivity contribution in [3.63, 3.8) is 0 Å². The lowest BCUT2D eigenvalue weighted by atomic mass is 9.90. The molecule has 0 fully saturated rings. The highest BCUT2D eigenvalue weighted by Gasteiger charge is 2.30. The smallest absolute Gasteiger partial charge is 0.171 e. The molecule has 23 heavy (non-hydrogen) atoms. The molecule has 2 N–H and O–H groups in total. The SMILES string of the molecule is CC(=O)C1=C(c2ccccc2)NC(=S)N[C@H]1c1cccc(F)c1. The molecule has 0 amide bonds. The van der Waals surface area contributed by atoms with Crippen molar-refractivity contribution in [2.45, 2.75) is 13.0 Å². The van der Waals surface area contributed by atoms with Crippen molar-refractivity contribution in [1.29, 1.82) is 0 Å². The fourth-order valence-corrected chi connectivity index (χ4v) is 2.93. The summed E-state index contributed by atoms with van der Waals surface area (Å²) in [6.07, 6.45) is 0. The number of benzene rings is 2. The fourth-order valence-electron chi connectivity index (χ4n) is 2.71. The number of carbonyl (C=O) groups excluding carboxylic acids is 1. The molecule has 0 unspecified atom stereocenters. The van der Waals surface area contributed by atoms with Gasteiger partial charge in [-0.15, -0.1) is 0 Å². The van der Waals surface area contributed by atoms with E-state index in [0.29, 0.717) is 21.9 Å². The Hall–Kier alpha value is -2.53. The van der Waals surface area contributed by atoms with Crippen LogP contribution in [0.2, 0.25) is 0 Å². The molecular weight excluding hydrogens is 311 g/mol. The average molecular weight is 326 g/mol.